The first-order valence-electron chi connectivity index (χ1n) is 17.5. The van der Waals surface area contributed by atoms with Gasteiger partial charge >= 0.3 is 0 Å². The Balaban J connectivity index is 1.34. The molecule has 0 spiro atoms. The van der Waals surface area contributed by atoms with Crippen LogP contribution in [0.5, 0.6) is 0 Å². The molecule has 6 aromatic carbocycles. The molecule has 2 heterocycles. The summed E-state index contributed by atoms with van der Waals surface area (Å²) in [5.41, 5.74) is 16.4. The van der Waals surface area contributed by atoms with Crippen LogP contribution >= 0.6 is 0 Å². The third kappa shape index (κ3) is 4.38. The van der Waals surface area contributed by atoms with Gasteiger partial charge in [0.2, 0.25) is 0 Å². The Morgan fingerprint density at radius 1 is 0.592 bits per heavy atom. The molecule has 0 amide bonds. The highest BCUT2D eigenvalue weighted by Crippen LogP contribution is 2.51. The second-order valence-corrected chi connectivity index (χ2v) is 14.8. The molecule has 3 heteroatoms. The SMILES string of the molecule is CC(C)c1cc(-c2ccccc2)cc(C(C)C)c1-n1c(-c2cccc3c2oc2cc4c(cc23)-c2ccccc2C4(C)C)nc2ccccc21. The maximum atomic E-state index is 6.92. The molecule has 0 unspecified atom stereocenters. The highest BCUT2D eigenvalue weighted by Gasteiger charge is 2.36. The second-order valence-electron chi connectivity index (χ2n) is 14.8. The number of hydrogen-bond donors (Lipinski definition) is 0. The van der Waals surface area contributed by atoms with E-state index in [1.165, 1.54) is 50.2 Å². The van der Waals surface area contributed by atoms with Gasteiger partial charge in [-0.1, -0.05) is 120 Å². The zero-order chi connectivity index (χ0) is 33.6. The average Bonchev–Trinajstić information content (AvgIpc) is 3.75. The van der Waals surface area contributed by atoms with Crippen LogP contribution in [-0.4, -0.2) is 9.55 Å². The summed E-state index contributed by atoms with van der Waals surface area (Å²) < 4.78 is 9.33. The maximum absolute atomic E-state index is 6.92. The van der Waals surface area contributed by atoms with Gasteiger partial charge in [0, 0.05) is 16.2 Å². The standard InChI is InChI=1S/C46H40N2O/c1-27(2)34-23-30(29-15-8-7-9-16-29)24-35(28(3)4)43(34)48-41-22-13-12-21-40(41)47-45(48)33-19-14-18-32-37-25-36-31-17-10-11-20-38(31)46(5,6)39(36)26-42(37)49-44(32)33/h7-28H,1-6H3. The van der Waals surface area contributed by atoms with E-state index in [9.17, 15) is 0 Å². The van der Waals surface area contributed by atoms with Crippen molar-refractivity contribution in [1.82, 2.24) is 9.55 Å². The summed E-state index contributed by atoms with van der Waals surface area (Å²) >= 11 is 0. The molecule has 9 rings (SSSR count). The summed E-state index contributed by atoms with van der Waals surface area (Å²) in [5, 5.41) is 2.26. The molecule has 49 heavy (non-hydrogen) atoms. The lowest BCUT2D eigenvalue weighted by Crippen LogP contribution is -2.14. The van der Waals surface area contributed by atoms with Gasteiger partial charge in [-0.15, -0.1) is 0 Å². The van der Waals surface area contributed by atoms with E-state index in [1.54, 1.807) is 0 Å². The number of imidazole rings is 1. The first kappa shape index (κ1) is 29.7. The molecule has 0 saturated carbocycles. The second kappa shape index (κ2) is 10.8. The van der Waals surface area contributed by atoms with Crippen LogP contribution in [0.3, 0.4) is 0 Å². The van der Waals surface area contributed by atoms with Crippen LogP contribution in [0.4, 0.5) is 0 Å². The summed E-state index contributed by atoms with van der Waals surface area (Å²) in [6.45, 7) is 13.8. The molecule has 1 aliphatic rings. The molecule has 0 saturated heterocycles. The fourth-order valence-corrected chi connectivity index (χ4v) is 8.22. The molecule has 0 bridgehead atoms. The average molecular weight is 637 g/mol. The van der Waals surface area contributed by atoms with Crippen molar-refractivity contribution in [3.05, 3.63) is 144 Å². The minimum absolute atomic E-state index is 0.0949. The highest BCUT2D eigenvalue weighted by molar-refractivity contribution is 6.11. The van der Waals surface area contributed by atoms with Crippen LogP contribution in [0.1, 0.15) is 75.6 Å². The van der Waals surface area contributed by atoms with E-state index in [0.29, 0.717) is 11.8 Å². The van der Waals surface area contributed by atoms with E-state index in [-0.39, 0.29) is 5.41 Å². The van der Waals surface area contributed by atoms with Crippen molar-refractivity contribution in [2.45, 2.75) is 58.8 Å². The Kier molecular flexibility index (Phi) is 6.55. The van der Waals surface area contributed by atoms with Crippen LogP contribution in [0.25, 0.3) is 72.3 Å². The number of nitrogens with zero attached hydrogens (tertiary/aromatic N) is 2. The van der Waals surface area contributed by atoms with Crippen LogP contribution in [0.15, 0.2) is 126 Å². The molecule has 8 aromatic rings. The fourth-order valence-electron chi connectivity index (χ4n) is 8.22. The first-order chi connectivity index (χ1) is 23.7. The van der Waals surface area contributed by atoms with Crippen LogP contribution in [0, 0.1) is 0 Å². The van der Waals surface area contributed by atoms with E-state index < -0.39 is 0 Å². The van der Waals surface area contributed by atoms with Gasteiger partial charge in [0.25, 0.3) is 0 Å². The number of hydrogen-bond acceptors (Lipinski definition) is 2. The molecular formula is C46H40N2O. The Morgan fingerprint density at radius 2 is 1.27 bits per heavy atom. The largest absolute Gasteiger partial charge is 0.455 e. The van der Waals surface area contributed by atoms with E-state index in [0.717, 1.165) is 44.4 Å². The molecule has 240 valence electrons. The van der Waals surface area contributed by atoms with Crippen molar-refractivity contribution in [1.29, 1.82) is 0 Å². The minimum atomic E-state index is -0.0949. The Morgan fingerprint density at radius 3 is 2.02 bits per heavy atom. The lowest BCUT2D eigenvalue weighted by molar-refractivity contribution is 0.647. The minimum Gasteiger partial charge on any atom is -0.455 e. The summed E-state index contributed by atoms with van der Waals surface area (Å²) in [4.78, 5) is 5.38. The third-order valence-electron chi connectivity index (χ3n) is 10.7. The van der Waals surface area contributed by atoms with Gasteiger partial charge in [-0.25, -0.2) is 4.98 Å². The van der Waals surface area contributed by atoms with Crippen LogP contribution in [-0.2, 0) is 5.41 Å². The number of aromatic nitrogens is 2. The Bertz CT molecular complexity index is 2550. The van der Waals surface area contributed by atoms with Gasteiger partial charge in [0.1, 0.15) is 17.0 Å². The number of furan rings is 1. The topological polar surface area (TPSA) is 31.0 Å². The summed E-state index contributed by atoms with van der Waals surface area (Å²) in [5.74, 6) is 1.49. The third-order valence-corrected chi connectivity index (χ3v) is 10.7. The smallest absolute Gasteiger partial charge is 0.149 e. The molecule has 3 nitrogen and oxygen atoms in total. The normalized spacial score (nSPS) is 13.6. The Labute approximate surface area is 287 Å². The maximum Gasteiger partial charge on any atom is 0.149 e. The molecule has 0 N–H and O–H groups in total. The fraction of sp³-hybridized carbons (Fsp3) is 0.196. The van der Waals surface area contributed by atoms with Gasteiger partial charge in [0.15, 0.2) is 0 Å². The number of benzene rings is 6. The monoisotopic (exact) mass is 636 g/mol. The quantitative estimate of drug-likeness (QED) is 0.188. The number of para-hydroxylation sites is 3. The zero-order valence-corrected chi connectivity index (χ0v) is 29.0. The molecule has 0 fully saturated rings. The first-order valence-corrected chi connectivity index (χ1v) is 17.5. The molecular weight excluding hydrogens is 597 g/mol. The molecule has 0 aliphatic heterocycles. The summed E-state index contributed by atoms with van der Waals surface area (Å²) in [7, 11) is 0. The lowest BCUT2D eigenvalue weighted by Gasteiger charge is -2.24. The summed E-state index contributed by atoms with van der Waals surface area (Å²) in [6.07, 6.45) is 0. The van der Waals surface area contributed by atoms with Crippen LogP contribution in [0.2, 0.25) is 0 Å². The number of fused-ring (bicyclic) bond motifs is 7. The van der Waals surface area contributed by atoms with Crippen molar-refractivity contribution >= 4 is 33.0 Å². The highest BCUT2D eigenvalue weighted by atomic mass is 16.3. The van der Waals surface area contributed by atoms with E-state index in [1.807, 2.05) is 0 Å². The van der Waals surface area contributed by atoms with E-state index in [4.69, 9.17) is 9.40 Å². The van der Waals surface area contributed by atoms with E-state index in [2.05, 4.69) is 167 Å². The van der Waals surface area contributed by atoms with Crippen molar-refractivity contribution in [3.63, 3.8) is 0 Å². The molecule has 2 aromatic heterocycles. The Hall–Kier alpha value is -5.41. The summed E-state index contributed by atoms with van der Waals surface area (Å²) in [6, 6.07) is 44.0. The van der Waals surface area contributed by atoms with Crippen LogP contribution < -0.4 is 0 Å². The molecule has 1 aliphatic carbocycles. The van der Waals surface area contributed by atoms with E-state index >= 15 is 0 Å². The van der Waals surface area contributed by atoms with Gasteiger partial charge in [-0.3, -0.25) is 4.57 Å². The molecule has 0 atom stereocenters. The number of rotatable bonds is 5. The van der Waals surface area contributed by atoms with Crippen molar-refractivity contribution in [2.75, 3.05) is 0 Å². The predicted octanol–water partition coefficient (Wildman–Crippen LogP) is 12.8. The van der Waals surface area contributed by atoms with Gasteiger partial charge in [-0.05, 0) is 98.8 Å². The molecule has 0 radical (unpaired) electrons. The van der Waals surface area contributed by atoms with Crippen molar-refractivity contribution in [2.24, 2.45) is 0 Å². The predicted molar refractivity (Wildman–Crippen MR) is 205 cm³/mol. The van der Waals surface area contributed by atoms with Gasteiger partial charge in [0.05, 0.1) is 22.3 Å². The van der Waals surface area contributed by atoms with Gasteiger partial charge in [-0.2, -0.15) is 0 Å². The zero-order valence-electron chi connectivity index (χ0n) is 29.0. The van der Waals surface area contributed by atoms with Gasteiger partial charge < -0.3 is 4.42 Å². The van der Waals surface area contributed by atoms with Crippen molar-refractivity contribution < 1.29 is 4.42 Å². The lowest BCUT2D eigenvalue weighted by atomic mass is 9.82. The van der Waals surface area contributed by atoms with Crippen molar-refractivity contribution in [3.8, 4) is 39.3 Å².